The summed E-state index contributed by atoms with van der Waals surface area (Å²) in [5.74, 6) is 2.44. The monoisotopic (exact) mass is 642 g/mol. The van der Waals surface area contributed by atoms with Gasteiger partial charge in [0, 0.05) is 31.1 Å². The number of amides is 1. The second-order valence-corrected chi connectivity index (χ2v) is 15.3. The predicted molar refractivity (Wildman–Crippen MR) is 191 cm³/mol. The minimum Gasteiger partial charge on any atom is -0.484 e. The van der Waals surface area contributed by atoms with E-state index in [1.807, 2.05) is 30.5 Å². The topological polar surface area (TPSA) is 83.8 Å². The molecule has 246 valence electrons. The first-order valence-corrected chi connectivity index (χ1v) is 17.5. The largest absolute Gasteiger partial charge is 0.484 e. The number of hydrogen-bond donors (Lipinski definition) is 2. The Labute approximate surface area is 278 Å². The molecule has 1 amide bonds. The number of nitrogens with zero attached hydrogens (tertiary/aromatic N) is 4. The number of carbonyl (C=O) groups excluding carboxylic acids is 1. The fourth-order valence-electron chi connectivity index (χ4n) is 6.77. The maximum atomic E-state index is 11.1. The van der Waals surface area contributed by atoms with Crippen LogP contribution in [0.25, 0.3) is 5.65 Å². The van der Waals surface area contributed by atoms with Crippen LogP contribution in [0.1, 0.15) is 108 Å². The lowest BCUT2D eigenvalue weighted by molar-refractivity contribution is -0.114. The van der Waals surface area contributed by atoms with Gasteiger partial charge in [-0.15, -0.1) is 10.2 Å². The zero-order valence-corrected chi connectivity index (χ0v) is 29.7. The fraction of sp³-hybridized carbons (Fsp3) is 0.486. The molecule has 8 nitrogen and oxygen atoms in total. The average Bonchev–Trinajstić information content (AvgIpc) is 3.52. The van der Waals surface area contributed by atoms with Gasteiger partial charge in [0.05, 0.1) is 12.2 Å². The molecule has 2 N–H and O–H groups in total. The first-order chi connectivity index (χ1) is 21.7. The Hall–Kier alpha value is -3.56. The van der Waals surface area contributed by atoms with E-state index in [1.54, 1.807) is 0 Å². The second kappa shape index (κ2) is 13.7. The van der Waals surface area contributed by atoms with Gasteiger partial charge in [-0.2, -0.15) is 0 Å². The van der Waals surface area contributed by atoms with Gasteiger partial charge < -0.3 is 14.8 Å². The maximum Gasteiger partial charge on any atom is 0.221 e. The van der Waals surface area contributed by atoms with Crippen LogP contribution in [0.2, 0.25) is 0 Å². The Morgan fingerprint density at radius 1 is 1.02 bits per heavy atom. The van der Waals surface area contributed by atoms with Crippen LogP contribution in [0, 0.1) is 5.41 Å². The molecule has 1 aliphatic heterocycles. The van der Waals surface area contributed by atoms with Crippen LogP contribution in [0.5, 0.6) is 5.75 Å². The van der Waals surface area contributed by atoms with E-state index in [1.165, 1.54) is 35.6 Å². The molecular weight excluding hydrogens is 593 g/mol. The van der Waals surface area contributed by atoms with Gasteiger partial charge in [-0.25, -0.2) is 0 Å². The number of carbonyl (C=O) groups is 1. The van der Waals surface area contributed by atoms with Gasteiger partial charge in [0.1, 0.15) is 11.9 Å². The minimum atomic E-state index is -0.0499. The van der Waals surface area contributed by atoms with Gasteiger partial charge >= 0.3 is 0 Å². The van der Waals surface area contributed by atoms with Crippen LogP contribution in [0.3, 0.4) is 0 Å². The molecule has 0 spiro atoms. The molecule has 2 aromatic heterocycles. The number of ether oxygens (including phenoxy) is 1. The van der Waals surface area contributed by atoms with Gasteiger partial charge in [0.2, 0.25) is 5.91 Å². The number of rotatable bonds is 6. The van der Waals surface area contributed by atoms with Crippen molar-refractivity contribution in [1.29, 1.82) is 0 Å². The first kappa shape index (κ1) is 33.8. The highest BCUT2D eigenvalue weighted by Crippen LogP contribution is 2.42. The molecule has 0 saturated carbocycles. The highest BCUT2D eigenvalue weighted by atomic mass is 32.2. The summed E-state index contributed by atoms with van der Waals surface area (Å²) < 4.78 is 11.8. The normalized spacial score (nSPS) is 20.8. The molecule has 46 heavy (non-hydrogen) atoms. The van der Waals surface area contributed by atoms with Crippen molar-refractivity contribution in [2.45, 2.75) is 91.2 Å². The third-order valence-corrected chi connectivity index (χ3v) is 9.45. The Morgan fingerprint density at radius 2 is 1.74 bits per heavy atom. The molecule has 4 aromatic rings. The summed E-state index contributed by atoms with van der Waals surface area (Å²) in [7, 11) is 2.18. The van der Waals surface area contributed by atoms with E-state index >= 15 is 0 Å². The van der Waals surface area contributed by atoms with E-state index in [4.69, 9.17) is 4.74 Å². The number of anilines is 2. The quantitative estimate of drug-likeness (QED) is 0.203. The molecule has 6 rings (SSSR count). The van der Waals surface area contributed by atoms with Gasteiger partial charge in [-0.05, 0) is 90.1 Å². The second-order valence-electron chi connectivity index (χ2n) is 14.7. The van der Waals surface area contributed by atoms with Crippen LogP contribution in [-0.2, 0) is 10.2 Å². The Bertz CT molecular complexity index is 1680. The summed E-state index contributed by atoms with van der Waals surface area (Å²) in [6, 6.07) is 19.1. The number of pyridine rings is 1. The smallest absolute Gasteiger partial charge is 0.221 e. The van der Waals surface area contributed by atoms with Crippen molar-refractivity contribution in [2.24, 2.45) is 5.41 Å². The van der Waals surface area contributed by atoms with Crippen molar-refractivity contribution in [3.05, 3.63) is 83.3 Å². The van der Waals surface area contributed by atoms with Gasteiger partial charge in [-0.1, -0.05) is 77.8 Å². The van der Waals surface area contributed by atoms with Gasteiger partial charge in [-0.3, -0.25) is 14.1 Å². The number of nitrogens with one attached hydrogen (secondary N) is 2. The molecule has 0 radical (unpaired) electrons. The van der Waals surface area contributed by atoms with Gasteiger partial charge in [0.15, 0.2) is 11.5 Å². The Morgan fingerprint density at radius 3 is 2.39 bits per heavy atom. The van der Waals surface area contributed by atoms with E-state index in [2.05, 4.69) is 115 Å². The van der Waals surface area contributed by atoms with Gasteiger partial charge in [0.25, 0.3) is 0 Å². The number of benzene rings is 2. The summed E-state index contributed by atoms with van der Waals surface area (Å²) in [5.41, 5.74) is 7.02. The molecule has 3 atom stereocenters. The third-order valence-electron chi connectivity index (χ3n) is 9.01. The zero-order valence-electron chi connectivity index (χ0n) is 28.8. The fourth-order valence-corrected chi connectivity index (χ4v) is 7.12. The summed E-state index contributed by atoms with van der Waals surface area (Å²) in [6.45, 7) is 16.0. The predicted octanol–water partition coefficient (Wildman–Crippen LogP) is 8.78. The van der Waals surface area contributed by atoms with Crippen LogP contribution >= 0.6 is 11.9 Å². The molecule has 1 aliphatic carbocycles. The Balaban J connectivity index is 0.000000211. The molecular formula is C37H50N6O2S. The molecule has 0 bridgehead atoms. The number of hydrogen-bond acceptors (Lipinski definition) is 7. The standard InChI is InChI=1S/C24H30N4O.C13H20N2OS/c1-16-9-11-21(19-8-6-5-7-18(16)19)29-17-10-12-22-25-26-23(28(22)14-17)20-13-24(2,3)15-27(20)4;1-9(16)14-11-6-10(13(2,3)4)7-12(8-11)15-17-5/h5-8,10,12,14,16,20-21H,9,11,13,15H2,1-4H3;6-8,15H,1-5H3,(H,14,16)/t16-,20-,21+;/m0./s1. The van der Waals surface area contributed by atoms with Crippen molar-refractivity contribution in [3.8, 4) is 5.75 Å². The molecule has 9 heteroatoms. The number of likely N-dealkylation sites (tertiary alicyclic amines) is 1. The zero-order chi connectivity index (χ0) is 33.2. The van der Waals surface area contributed by atoms with E-state index in [-0.39, 0.29) is 23.5 Å². The lowest BCUT2D eigenvalue weighted by Gasteiger charge is -2.30. The third kappa shape index (κ3) is 7.86. The highest BCUT2D eigenvalue weighted by molar-refractivity contribution is 7.99. The van der Waals surface area contributed by atoms with E-state index in [9.17, 15) is 4.79 Å². The molecule has 2 aliphatic rings. The minimum absolute atomic E-state index is 0.0499. The lowest BCUT2D eigenvalue weighted by Crippen LogP contribution is -2.21. The van der Waals surface area contributed by atoms with Crippen LogP contribution < -0.4 is 14.8 Å². The molecule has 2 aromatic carbocycles. The van der Waals surface area contributed by atoms with E-state index in [0.717, 1.165) is 54.4 Å². The molecule has 1 fully saturated rings. The van der Waals surface area contributed by atoms with Crippen molar-refractivity contribution >= 4 is 34.9 Å². The van der Waals surface area contributed by atoms with Crippen molar-refractivity contribution in [3.63, 3.8) is 0 Å². The summed E-state index contributed by atoms with van der Waals surface area (Å²) in [6.07, 6.45) is 7.44. The molecule has 1 saturated heterocycles. The lowest BCUT2D eigenvalue weighted by atomic mass is 9.82. The van der Waals surface area contributed by atoms with Crippen molar-refractivity contribution < 1.29 is 9.53 Å². The first-order valence-electron chi connectivity index (χ1n) is 16.3. The van der Waals surface area contributed by atoms with Crippen LogP contribution in [-0.4, -0.2) is 45.3 Å². The number of aromatic nitrogens is 3. The molecule has 0 unspecified atom stereocenters. The van der Waals surface area contributed by atoms with E-state index in [0.29, 0.717) is 11.3 Å². The maximum absolute atomic E-state index is 11.1. The SMILES string of the molecule is CSNc1cc(NC(C)=O)cc(C(C)(C)C)c1.C[C@H]1CC[C@@H](Oc2ccc3nnc([C@@H]4CC(C)(C)CN4C)n3c2)c2ccccc21. The summed E-state index contributed by atoms with van der Waals surface area (Å²) in [4.78, 5) is 13.5. The summed E-state index contributed by atoms with van der Waals surface area (Å²) in [5, 5.41) is 11.8. The van der Waals surface area contributed by atoms with Crippen molar-refractivity contribution in [1.82, 2.24) is 19.5 Å². The van der Waals surface area contributed by atoms with Crippen LogP contribution in [0.4, 0.5) is 11.4 Å². The van der Waals surface area contributed by atoms with E-state index < -0.39 is 0 Å². The average molecular weight is 643 g/mol. The van der Waals surface area contributed by atoms with Crippen molar-refractivity contribution in [2.75, 3.05) is 29.9 Å². The Kier molecular flexibility index (Phi) is 10.0. The molecule has 3 heterocycles. The highest BCUT2D eigenvalue weighted by Gasteiger charge is 2.38. The number of fused-ring (bicyclic) bond motifs is 2. The summed E-state index contributed by atoms with van der Waals surface area (Å²) >= 11 is 1.54. The van der Waals surface area contributed by atoms with Crippen LogP contribution in [0.15, 0.2) is 60.8 Å².